The standard InChI is InChI=1S/C22H22N4O2/c1-13-6-7-20(14(2)8-13)26-15(3)9-18(17(26)5)11-19(12-23)22(27)24-21-10-16(4)28-25-21/h6-11H,1-5H3,(H,24,25,27)/b19-11-. The van der Waals surface area contributed by atoms with Crippen molar-refractivity contribution in [1.82, 2.24) is 9.72 Å². The van der Waals surface area contributed by atoms with E-state index in [0.717, 1.165) is 28.2 Å². The Kier molecular flexibility index (Phi) is 5.18. The molecule has 0 atom stereocenters. The lowest BCUT2D eigenvalue weighted by Gasteiger charge is -2.13. The first-order valence-corrected chi connectivity index (χ1v) is 8.93. The van der Waals surface area contributed by atoms with Crippen molar-refractivity contribution in [3.8, 4) is 11.8 Å². The predicted molar refractivity (Wildman–Crippen MR) is 108 cm³/mol. The van der Waals surface area contributed by atoms with Crippen molar-refractivity contribution in [2.45, 2.75) is 34.6 Å². The third-order valence-electron chi connectivity index (χ3n) is 4.60. The van der Waals surface area contributed by atoms with Crippen LogP contribution in [0.4, 0.5) is 5.82 Å². The van der Waals surface area contributed by atoms with Gasteiger partial charge in [0.2, 0.25) is 0 Å². The highest BCUT2D eigenvalue weighted by Gasteiger charge is 2.16. The smallest absolute Gasteiger partial charge is 0.267 e. The summed E-state index contributed by atoms with van der Waals surface area (Å²) in [6.45, 7) is 9.85. The number of aromatic nitrogens is 2. The zero-order valence-electron chi connectivity index (χ0n) is 16.6. The summed E-state index contributed by atoms with van der Waals surface area (Å²) < 4.78 is 7.07. The molecule has 0 spiro atoms. The van der Waals surface area contributed by atoms with E-state index < -0.39 is 5.91 Å². The van der Waals surface area contributed by atoms with Gasteiger partial charge in [-0.2, -0.15) is 5.26 Å². The average molecular weight is 374 g/mol. The van der Waals surface area contributed by atoms with Gasteiger partial charge in [-0.05, 0) is 64.0 Å². The number of amides is 1. The maximum absolute atomic E-state index is 12.4. The molecule has 1 aromatic carbocycles. The largest absolute Gasteiger partial charge is 0.360 e. The van der Waals surface area contributed by atoms with E-state index in [1.807, 2.05) is 26.0 Å². The van der Waals surface area contributed by atoms with Crippen LogP contribution in [0.5, 0.6) is 0 Å². The molecule has 2 aromatic heterocycles. The molecule has 1 amide bonds. The summed E-state index contributed by atoms with van der Waals surface area (Å²) >= 11 is 0. The minimum Gasteiger partial charge on any atom is -0.360 e. The maximum Gasteiger partial charge on any atom is 0.267 e. The number of hydrogen-bond donors (Lipinski definition) is 1. The number of aryl methyl sites for hydroxylation is 4. The molecule has 0 aliphatic carbocycles. The van der Waals surface area contributed by atoms with Crippen LogP contribution in [0.1, 0.15) is 33.8 Å². The fraction of sp³-hybridized carbons (Fsp3) is 0.227. The van der Waals surface area contributed by atoms with Gasteiger partial charge in [0.05, 0.1) is 0 Å². The summed E-state index contributed by atoms with van der Waals surface area (Å²) in [7, 11) is 0. The minimum absolute atomic E-state index is 0.00142. The van der Waals surface area contributed by atoms with E-state index >= 15 is 0 Å². The number of hydrogen-bond acceptors (Lipinski definition) is 4. The van der Waals surface area contributed by atoms with E-state index in [9.17, 15) is 10.1 Å². The second-order valence-corrected chi connectivity index (χ2v) is 6.90. The number of nitriles is 1. The molecule has 0 bridgehead atoms. The molecule has 0 aliphatic rings. The van der Waals surface area contributed by atoms with E-state index in [4.69, 9.17) is 4.52 Å². The molecule has 0 fully saturated rings. The van der Waals surface area contributed by atoms with Crippen LogP contribution in [0.15, 0.2) is 40.4 Å². The number of rotatable bonds is 4. The molecule has 6 heteroatoms. The van der Waals surface area contributed by atoms with E-state index in [-0.39, 0.29) is 11.4 Å². The summed E-state index contributed by atoms with van der Waals surface area (Å²) in [5.74, 6) is 0.339. The highest BCUT2D eigenvalue weighted by Crippen LogP contribution is 2.25. The van der Waals surface area contributed by atoms with E-state index in [1.54, 1.807) is 19.1 Å². The fourth-order valence-electron chi connectivity index (χ4n) is 3.27. The molecule has 28 heavy (non-hydrogen) atoms. The quantitative estimate of drug-likeness (QED) is 0.536. The Bertz CT molecular complexity index is 1130. The summed E-state index contributed by atoms with van der Waals surface area (Å²) in [4.78, 5) is 12.4. The van der Waals surface area contributed by atoms with Crippen molar-refractivity contribution in [3.05, 3.63) is 69.7 Å². The Morgan fingerprint density at radius 2 is 1.93 bits per heavy atom. The topological polar surface area (TPSA) is 83.9 Å². The third-order valence-corrected chi connectivity index (χ3v) is 4.60. The number of nitrogens with zero attached hydrogens (tertiary/aromatic N) is 3. The van der Waals surface area contributed by atoms with Crippen molar-refractivity contribution in [3.63, 3.8) is 0 Å². The highest BCUT2D eigenvalue weighted by molar-refractivity contribution is 6.09. The van der Waals surface area contributed by atoms with Crippen molar-refractivity contribution in [1.29, 1.82) is 5.26 Å². The third kappa shape index (κ3) is 3.74. The Hall–Kier alpha value is -3.59. The van der Waals surface area contributed by atoms with Gasteiger partial charge in [-0.1, -0.05) is 22.9 Å². The minimum atomic E-state index is -0.521. The Morgan fingerprint density at radius 1 is 1.18 bits per heavy atom. The molecule has 0 saturated carbocycles. The van der Waals surface area contributed by atoms with Crippen LogP contribution >= 0.6 is 0 Å². The maximum atomic E-state index is 12.4. The lowest BCUT2D eigenvalue weighted by Crippen LogP contribution is -2.13. The SMILES string of the molecule is Cc1ccc(-n2c(C)cc(/C=C(/C#N)C(=O)Nc3cc(C)on3)c2C)c(C)c1. The van der Waals surface area contributed by atoms with Crippen LogP contribution in [-0.4, -0.2) is 15.6 Å². The van der Waals surface area contributed by atoms with Gasteiger partial charge >= 0.3 is 0 Å². The lowest BCUT2D eigenvalue weighted by molar-refractivity contribution is -0.112. The molecule has 1 N–H and O–H groups in total. The lowest BCUT2D eigenvalue weighted by atomic mass is 10.1. The molecule has 0 radical (unpaired) electrons. The molecule has 3 aromatic rings. The fourth-order valence-corrected chi connectivity index (χ4v) is 3.27. The molecular weight excluding hydrogens is 352 g/mol. The van der Waals surface area contributed by atoms with Crippen LogP contribution < -0.4 is 5.32 Å². The van der Waals surface area contributed by atoms with Crippen LogP contribution in [0.2, 0.25) is 0 Å². The van der Waals surface area contributed by atoms with Crippen LogP contribution in [0.25, 0.3) is 11.8 Å². The molecule has 0 unspecified atom stereocenters. The van der Waals surface area contributed by atoms with Gasteiger partial charge in [-0.25, -0.2) is 0 Å². The molecule has 0 aliphatic heterocycles. The summed E-state index contributed by atoms with van der Waals surface area (Å²) in [5.41, 5.74) is 6.26. The number of anilines is 1. The highest BCUT2D eigenvalue weighted by atomic mass is 16.5. The molecule has 3 rings (SSSR count). The first kappa shape index (κ1) is 19.2. The summed E-state index contributed by atoms with van der Waals surface area (Å²) in [5, 5.41) is 15.8. The van der Waals surface area contributed by atoms with E-state index in [0.29, 0.717) is 5.76 Å². The summed E-state index contributed by atoms with van der Waals surface area (Å²) in [6, 6.07) is 11.8. The Labute approximate surface area is 164 Å². The zero-order chi connectivity index (χ0) is 20.4. The van der Waals surface area contributed by atoms with Crippen molar-refractivity contribution < 1.29 is 9.32 Å². The van der Waals surface area contributed by atoms with Crippen LogP contribution in [0, 0.1) is 45.9 Å². The monoisotopic (exact) mass is 374 g/mol. The van der Waals surface area contributed by atoms with Gasteiger partial charge in [-0.15, -0.1) is 0 Å². The zero-order valence-corrected chi connectivity index (χ0v) is 16.6. The molecule has 6 nitrogen and oxygen atoms in total. The average Bonchev–Trinajstić information content (AvgIpc) is 3.16. The second kappa shape index (κ2) is 7.57. The molecule has 2 heterocycles. The van der Waals surface area contributed by atoms with Crippen LogP contribution in [0.3, 0.4) is 0 Å². The van der Waals surface area contributed by atoms with Crippen molar-refractivity contribution in [2.24, 2.45) is 0 Å². The normalized spacial score (nSPS) is 11.4. The number of nitrogens with one attached hydrogen (secondary N) is 1. The van der Waals surface area contributed by atoms with Gasteiger partial charge in [0.15, 0.2) is 5.82 Å². The van der Waals surface area contributed by atoms with Gasteiger partial charge in [-0.3, -0.25) is 4.79 Å². The van der Waals surface area contributed by atoms with Gasteiger partial charge in [0, 0.05) is 23.1 Å². The number of benzene rings is 1. The number of carbonyl (C=O) groups is 1. The van der Waals surface area contributed by atoms with E-state index in [2.05, 4.69) is 47.1 Å². The van der Waals surface area contributed by atoms with Gasteiger partial charge < -0.3 is 14.4 Å². The second-order valence-electron chi connectivity index (χ2n) is 6.90. The Balaban J connectivity index is 1.97. The van der Waals surface area contributed by atoms with E-state index in [1.165, 1.54) is 5.56 Å². The van der Waals surface area contributed by atoms with Crippen LogP contribution in [-0.2, 0) is 4.79 Å². The van der Waals surface area contributed by atoms with Crippen molar-refractivity contribution >= 4 is 17.8 Å². The number of carbonyl (C=O) groups excluding carboxylic acids is 1. The molecule has 142 valence electrons. The first-order chi connectivity index (χ1) is 13.3. The summed E-state index contributed by atoms with van der Waals surface area (Å²) in [6.07, 6.45) is 1.60. The molecular formula is C22H22N4O2. The molecule has 0 saturated heterocycles. The Morgan fingerprint density at radius 3 is 2.54 bits per heavy atom. The van der Waals surface area contributed by atoms with Gasteiger partial charge in [0.1, 0.15) is 17.4 Å². The van der Waals surface area contributed by atoms with Crippen molar-refractivity contribution in [2.75, 3.05) is 5.32 Å². The van der Waals surface area contributed by atoms with Gasteiger partial charge in [0.25, 0.3) is 5.91 Å². The first-order valence-electron chi connectivity index (χ1n) is 8.93. The predicted octanol–water partition coefficient (Wildman–Crippen LogP) is 4.55.